The smallest absolute Gasteiger partial charge is 0.224 e. The van der Waals surface area contributed by atoms with Crippen molar-refractivity contribution >= 4 is 11.8 Å². The van der Waals surface area contributed by atoms with E-state index >= 15 is 0 Å². The molecule has 2 amide bonds. The molecule has 0 heterocycles. The second-order valence-corrected chi connectivity index (χ2v) is 5.92. The van der Waals surface area contributed by atoms with E-state index in [-0.39, 0.29) is 30.1 Å². The Bertz CT molecular complexity index is 719. The van der Waals surface area contributed by atoms with Gasteiger partial charge in [0.05, 0.1) is 12.5 Å². The fourth-order valence-corrected chi connectivity index (χ4v) is 2.73. The fourth-order valence-electron chi connectivity index (χ4n) is 2.73. The SMILES string of the molecule is CC(=O)N(CCNC(=O)Cc1ccccc1F)C(C)c1ccccc1. The van der Waals surface area contributed by atoms with Gasteiger partial charge in [0.2, 0.25) is 11.8 Å². The molecule has 4 nitrogen and oxygen atoms in total. The normalized spacial score (nSPS) is 11.6. The summed E-state index contributed by atoms with van der Waals surface area (Å²) in [5.74, 6) is -0.707. The number of benzene rings is 2. The first kappa shape index (κ1) is 18.6. The number of rotatable bonds is 7. The van der Waals surface area contributed by atoms with Crippen molar-refractivity contribution in [1.82, 2.24) is 10.2 Å². The van der Waals surface area contributed by atoms with Gasteiger partial charge in [-0.05, 0) is 24.1 Å². The molecule has 5 heteroatoms. The molecular weight excluding hydrogens is 319 g/mol. The number of nitrogens with one attached hydrogen (secondary N) is 1. The van der Waals surface area contributed by atoms with Gasteiger partial charge in [-0.3, -0.25) is 9.59 Å². The van der Waals surface area contributed by atoms with E-state index in [1.54, 1.807) is 23.1 Å². The number of amides is 2. The van der Waals surface area contributed by atoms with Crippen molar-refractivity contribution in [3.8, 4) is 0 Å². The summed E-state index contributed by atoms with van der Waals surface area (Å²) in [6.45, 7) is 4.19. The van der Waals surface area contributed by atoms with Crippen LogP contribution in [0, 0.1) is 5.82 Å². The summed E-state index contributed by atoms with van der Waals surface area (Å²) in [6, 6.07) is 15.9. The van der Waals surface area contributed by atoms with Crippen molar-refractivity contribution in [2.45, 2.75) is 26.3 Å². The standard InChI is InChI=1S/C20H23FN2O2/c1-15(17-8-4-3-5-9-17)23(16(2)24)13-12-22-20(25)14-18-10-6-7-11-19(18)21/h3-11,15H,12-14H2,1-2H3,(H,22,25). The topological polar surface area (TPSA) is 49.4 Å². The van der Waals surface area contributed by atoms with Crippen molar-refractivity contribution in [1.29, 1.82) is 0 Å². The predicted octanol–water partition coefficient (Wildman–Crippen LogP) is 3.09. The zero-order valence-corrected chi connectivity index (χ0v) is 14.5. The molecule has 2 aromatic carbocycles. The minimum atomic E-state index is -0.388. The van der Waals surface area contributed by atoms with Crippen LogP contribution >= 0.6 is 0 Å². The second-order valence-electron chi connectivity index (χ2n) is 5.92. The van der Waals surface area contributed by atoms with Crippen LogP contribution in [0.3, 0.4) is 0 Å². The van der Waals surface area contributed by atoms with Crippen LogP contribution in [-0.2, 0) is 16.0 Å². The van der Waals surface area contributed by atoms with E-state index in [0.717, 1.165) is 5.56 Å². The van der Waals surface area contributed by atoms with E-state index in [0.29, 0.717) is 18.7 Å². The Morgan fingerprint density at radius 1 is 1.08 bits per heavy atom. The average Bonchev–Trinajstić information content (AvgIpc) is 2.60. The molecule has 1 atom stereocenters. The Morgan fingerprint density at radius 2 is 1.72 bits per heavy atom. The molecule has 0 saturated heterocycles. The van der Waals surface area contributed by atoms with Gasteiger partial charge in [0.25, 0.3) is 0 Å². The molecule has 0 bridgehead atoms. The summed E-state index contributed by atoms with van der Waals surface area (Å²) in [6.07, 6.45) is -0.0129. The predicted molar refractivity (Wildman–Crippen MR) is 95.4 cm³/mol. The Kier molecular flexibility index (Phi) is 6.69. The zero-order chi connectivity index (χ0) is 18.2. The molecule has 2 rings (SSSR count). The first-order valence-electron chi connectivity index (χ1n) is 8.31. The van der Waals surface area contributed by atoms with E-state index in [9.17, 15) is 14.0 Å². The van der Waals surface area contributed by atoms with Crippen LogP contribution in [0.1, 0.15) is 31.0 Å². The molecule has 25 heavy (non-hydrogen) atoms. The first-order valence-corrected chi connectivity index (χ1v) is 8.31. The molecule has 0 aromatic heterocycles. The third-order valence-corrected chi connectivity index (χ3v) is 4.14. The molecule has 0 saturated carbocycles. The molecule has 0 spiro atoms. The largest absolute Gasteiger partial charge is 0.354 e. The molecular formula is C20H23FN2O2. The highest BCUT2D eigenvalue weighted by Gasteiger charge is 2.18. The van der Waals surface area contributed by atoms with E-state index in [1.807, 2.05) is 37.3 Å². The van der Waals surface area contributed by atoms with Gasteiger partial charge in [-0.25, -0.2) is 4.39 Å². The van der Waals surface area contributed by atoms with Crippen molar-refractivity contribution < 1.29 is 14.0 Å². The number of hydrogen-bond acceptors (Lipinski definition) is 2. The van der Waals surface area contributed by atoms with Crippen molar-refractivity contribution in [2.24, 2.45) is 0 Å². The maximum Gasteiger partial charge on any atom is 0.224 e. The van der Waals surface area contributed by atoms with Crippen LogP contribution in [0.5, 0.6) is 0 Å². The van der Waals surface area contributed by atoms with Gasteiger partial charge in [0, 0.05) is 20.0 Å². The molecule has 0 aliphatic heterocycles. The van der Waals surface area contributed by atoms with Gasteiger partial charge < -0.3 is 10.2 Å². The Hall–Kier alpha value is -2.69. The Morgan fingerprint density at radius 3 is 2.36 bits per heavy atom. The number of carbonyl (C=O) groups is 2. The van der Waals surface area contributed by atoms with Crippen molar-refractivity contribution in [2.75, 3.05) is 13.1 Å². The van der Waals surface area contributed by atoms with Crippen LogP contribution in [-0.4, -0.2) is 29.8 Å². The van der Waals surface area contributed by atoms with Crippen LogP contribution in [0.2, 0.25) is 0 Å². The summed E-state index contributed by atoms with van der Waals surface area (Å²) in [5, 5.41) is 2.75. The monoisotopic (exact) mass is 342 g/mol. The van der Waals surface area contributed by atoms with E-state index in [1.165, 1.54) is 13.0 Å². The lowest BCUT2D eigenvalue weighted by molar-refractivity contribution is -0.131. The van der Waals surface area contributed by atoms with Crippen LogP contribution < -0.4 is 5.32 Å². The lowest BCUT2D eigenvalue weighted by Crippen LogP contribution is -2.39. The summed E-state index contributed by atoms with van der Waals surface area (Å²) in [4.78, 5) is 25.6. The van der Waals surface area contributed by atoms with Gasteiger partial charge >= 0.3 is 0 Å². The molecule has 0 aliphatic rings. The highest BCUT2D eigenvalue weighted by atomic mass is 19.1. The number of hydrogen-bond donors (Lipinski definition) is 1. The third-order valence-electron chi connectivity index (χ3n) is 4.14. The minimum Gasteiger partial charge on any atom is -0.354 e. The van der Waals surface area contributed by atoms with Gasteiger partial charge in [-0.2, -0.15) is 0 Å². The van der Waals surface area contributed by atoms with Crippen molar-refractivity contribution in [3.63, 3.8) is 0 Å². The molecule has 1 unspecified atom stereocenters. The zero-order valence-electron chi connectivity index (χ0n) is 14.5. The molecule has 132 valence electrons. The van der Waals surface area contributed by atoms with E-state index < -0.39 is 0 Å². The Balaban J connectivity index is 1.88. The summed E-state index contributed by atoms with van der Waals surface area (Å²) in [5.41, 5.74) is 1.40. The molecule has 0 radical (unpaired) electrons. The molecule has 0 fully saturated rings. The average molecular weight is 342 g/mol. The fraction of sp³-hybridized carbons (Fsp3) is 0.300. The van der Waals surface area contributed by atoms with Crippen LogP contribution in [0.4, 0.5) is 4.39 Å². The maximum absolute atomic E-state index is 13.6. The lowest BCUT2D eigenvalue weighted by Gasteiger charge is -2.28. The minimum absolute atomic E-state index is 0.0129. The van der Waals surface area contributed by atoms with E-state index in [2.05, 4.69) is 5.32 Å². The summed E-state index contributed by atoms with van der Waals surface area (Å²) in [7, 11) is 0. The number of nitrogens with zero attached hydrogens (tertiary/aromatic N) is 1. The molecule has 0 aliphatic carbocycles. The van der Waals surface area contributed by atoms with Crippen molar-refractivity contribution in [3.05, 3.63) is 71.5 Å². The van der Waals surface area contributed by atoms with Crippen LogP contribution in [0.15, 0.2) is 54.6 Å². The first-order chi connectivity index (χ1) is 12.0. The molecule has 2 aromatic rings. The highest BCUT2D eigenvalue weighted by Crippen LogP contribution is 2.19. The second kappa shape index (κ2) is 8.97. The van der Waals surface area contributed by atoms with Gasteiger partial charge in [-0.15, -0.1) is 0 Å². The number of halogens is 1. The summed E-state index contributed by atoms with van der Waals surface area (Å²) < 4.78 is 13.6. The van der Waals surface area contributed by atoms with Crippen LogP contribution in [0.25, 0.3) is 0 Å². The maximum atomic E-state index is 13.6. The third kappa shape index (κ3) is 5.41. The van der Waals surface area contributed by atoms with Gasteiger partial charge in [0.15, 0.2) is 0 Å². The number of carbonyl (C=O) groups excluding carboxylic acids is 2. The van der Waals surface area contributed by atoms with Gasteiger partial charge in [-0.1, -0.05) is 48.5 Å². The Labute approximate surface area is 147 Å². The quantitative estimate of drug-likeness (QED) is 0.841. The lowest BCUT2D eigenvalue weighted by atomic mass is 10.1. The highest BCUT2D eigenvalue weighted by molar-refractivity contribution is 5.78. The van der Waals surface area contributed by atoms with Gasteiger partial charge in [0.1, 0.15) is 5.82 Å². The summed E-state index contributed by atoms with van der Waals surface area (Å²) >= 11 is 0. The molecule has 1 N–H and O–H groups in total. The van der Waals surface area contributed by atoms with E-state index in [4.69, 9.17) is 0 Å².